The molecule has 0 fully saturated rings. The molecule has 0 amide bonds. The zero-order valence-electron chi connectivity index (χ0n) is 16.4. The van der Waals surface area contributed by atoms with E-state index < -0.39 is 10.0 Å². The van der Waals surface area contributed by atoms with Gasteiger partial charge in [0.15, 0.2) is 0 Å². The second-order valence-corrected chi connectivity index (χ2v) is 8.14. The number of rotatable bonds is 10. The van der Waals surface area contributed by atoms with Crippen molar-refractivity contribution >= 4 is 20.9 Å². The first-order valence-corrected chi connectivity index (χ1v) is 11.1. The maximum Gasteiger partial charge on any atom is 0.208 e. The Morgan fingerprint density at radius 3 is 2.46 bits per heavy atom. The average Bonchev–Trinajstić information content (AvgIpc) is 2.99. The van der Waals surface area contributed by atoms with E-state index in [1.54, 1.807) is 0 Å². The molecule has 2 rings (SSSR count). The standard InChI is InChI=1S/C17H26N2O3S.C2H7N/c1-3-14-13-18-17-9-8-15(12-16(14)17)22-11-7-5-4-6-10-19-23(2,20)21;1-3-2/h8-9,12-13,18-19H,3-7,10-11H2,1-2H3;3H,1-2H3. The highest BCUT2D eigenvalue weighted by atomic mass is 32.2. The quantitative estimate of drug-likeness (QED) is 0.551. The van der Waals surface area contributed by atoms with Gasteiger partial charge >= 0.3 is 0 Å². The second-order valence-electron chi connectivity index (χ2n) is 6.30. The second kappa shape index (κ2) is 11.9. The molecule has 1 heterocycles. The van der Waals surface area contributed by atoms with E-state index in [4.69, 9.17) is 4.74 Å². The number of aryl methyl sites for hydroxylation is 1. The smallest absolute Gasteiger partial charge is 0.208 e. The van der Waals surface area contributed by atoms with Crippen molar-refractivity contribution in [2.24, 2.45) is 0 Å². The lowest BCUT2D eigenvalue weighted by Gasteiger charge is -2.07. The average molecular weight is 384 g/mol. The molecule has 26 heavy (non-hydrogen) atoms. The van der Waals surface area contributed by atoms with E-state index in [0.29, 0.717) is 13.2 Å². The predicted molar refractivity (Wildman–Crippen MR) is 109 cm³/mol. The topological polar surface area (TPSA) is 83.2 Å². The van der Waals surface area contributed by atoms with Gasteiger partial charge in [-0.15, -0.1) is 0 Å². The van der Waals surface area contributed by atoms with E-state index in [9.17, 15) is 8.42 Å². The molecule has 0 unspecified atom stereocenters. The van der Waals surface area contributed by atoms with Gasteiger partial charge in [-0.2, -0.15) is 0 Å². The predicted octanol–water partition coefficient (Wildman–Crippen LogP) is 3.05. The number of fused-ring (bicyclic) bond motifs is 1. The highest BCUT2D eigenvalue weighted by Gasteiger charge is 2.04. The van der Waals surface area contributed by atoms with Crippen LogP contribution in [0.4, 0.5) is 0 Å². The van der Waals surface area contributed by atoms with Crippen molar-refractivity contribution in [3.05, 3.63) is 30.0 Å². The van der Waals surface area contributed by atoms with Gasteiger partial charge in [0.2, 0.25) is 10.0 Å². The largest absolute Gasteiger partial charge is 0.494 e. The third-order valence-electron chi connectivity index (χ3n) is 3.82. The number of aromatic amines is 1. The van der Waals surface area contributed by atoms with Gasteiger partial charge in [-0.05, 0) is 57.1 Å². The Hall–Kier alpha value is -1.57. The van der Waals surface area contributed by atoms with E-state index in [2.05, 4.69) is 40.3 Å². The van der Waals surface area contributed by atoms with Crippen molar-refractivity contribution in [2.75, 3.05) is 33.5 Å². The zero-order valence-corrected chi connectivity index (χ0v) is 17.2. The Morgan fingerprint density at radius 1 is 1.12 bits per heavy atom. The molecule has 0 aliphatic heterocycles. The molecule has 1 aromatic carbocycles. The molecule has 0 atom stereocenters. The third kappa shape index (κ3) is 8.69. The number of unbranched alkanes of at least 4 members (excludes halogenated alkanes) is 3. The Bertz CT molecular complexity index is 742. The van der Waals surface area contributed by atoms with E-state index in [-0.39, 0.29) is 0 Å². The van der Waals surface area contributed by atoms with Crippen LogP contribution < -0.4 is 14.8 Å². The van der Waals surface area contributed by atoms with Gasteiger partial charge in [0.1, 0.15) is 5.75 Å². The molecule has 2 aromatic rings. The highest BCUT2D eigenvalue weighted by molar-refractivity contribution is 7.88. The van der Waals surface area contributed by atoms with E-state index in [1.165, 1.54) is 17.2 Å². The van der Waals surface area contributed by atoms with Crippen LogP contribution in [0.2, 0.25) is 0 Å². The van der Waals surface area contributed by atoms with Crippen molar-refractivity contribution in [1.29, 1.82) is 0 Å². The molecular weight excluding hydrogens is 350 g/mol. The molecule has 148 valence electrons. The van der Waals surface area contributed by atoms with Crippen LogP contribution in [0.5, 0.6) is 5.75 Å². The molecule has 7 heteroatoms. The minimum Gasteiger partial charge on any atom is -0.494 e. The van der Waals surface area contributed by atoms with Gasteiger partial charge in [0.05, 0.1) is 12.9 Å². The van der Waals surface area contributed by atoms with Gasteiger partial charge in [-0.3, -0.25) is 0 Å². The first-order chi connectivity index (χ1) is 12.4. The summed E-state index contributed by atoms with van der Waals surface area (Å²) in [7, 11) is 0.696. The minimum atomic E-state index is -3.05. The van der Waals surface area contributed by atoms with Gasteiger partial charge in [-0.1, -0.05) is 19.8 Å². The number of sulfonamides is 1. The zero-order chi connectivity index (χ0) is 19.4. The molecule has 3 N–H and O–H groups in total. The normalized spacial score (nSPS) is 11.2. The molecule has 0 saturated heterocycles. The Morgan fingerprint density at radius 2 is 1.81 bits per heavy atom. The number of hydrogen-bond donors (Lipinski definition) is 3. The summed E-state index contributed by atoms with van der Waals surface area (Å²) in [6, 6.07) is 6.15. The number of hydrogen-bond acceptors (Lipinski definition) is 4. The summed E-state index contributed by atoms with van der Waals surface area (Å²) in [4.78, 5) is 3.27. The number of ether oxygens (including phenoxy) is 1. The lowest BCUT2D eigenvalue weighted by molar-refractivity contribution is 0.305. The molecule has 6 nitrogen and oxygen atoms in total. The Balaban J connectivity index is 0.00000105. The lowest BCUT2D eigenvalue weighted by atomic mass is 10.1. The molecule has 0 spiro atoms. The molecule has 1 aromatic heterocycles. The Kier molecular flexibility index (Phi) is 10.3. The van der Waals surface area contributed by atoms with Crippen LogP contribution in [0.15, 0.2) is 24.4 Å². The molecular formula is C19H33N3O3S. The summed E-state index contributed by atoms with van der Waals surface area (Å²) in [5, 5.41) is 3.98. The van der Waals surface area contributed by atoms with E-state index in [0.717, 1.165) is 43.4 Å². The minimum absolute atomic E-state index is 0.518. The Labute approximate surface area is 157 Å². The SMILES string of the molecule is CCc1c[nH]c2ccc(OCCCCCCNS(C)(=O)=O)cc12.CNC. The summed E-state index contributed by atoms with van der Waals surface area (Å²) in [6.45, 7) is 3.36. The van der Waals surface area contributed by atoms with Crippen molar-refractivity contribution in [3.8, 4) is 5.75 Å². The fraction of sp³-hybridized carbons (Fsp3) is 0.579. The van der Waals surface area contributed by atoms with Crippen LogP contribution in [0.3, 0.4) is 0 Å². The maximum absolute atomic E-state index is 10.9. The van der Waals surface area contributed by atoms with Crippen molar-refractivity contribution < 1.29 is 13.2 Å². The molecule has 0 bridgehead atoms. The number of benzene rings is 1. The van der Waals surface area contributed by atoms with Crippen LogP contribution in [-0.2, 0) is 16.4 Å². The molecule has 0 saturated carbocycles. The summed E-state index contributed by atoms with van der Waals surface area (Å²) < 4.78 is 30.1. The molecule has 0 radical (unpaired) electrons. The van der Waals surface area contributed by atoms with Crippen LogP contribution >= 0.6 is 0 Å². The lowest BCUT2D eigenvalue weighted by Crippen LogP contribution is -2.22. The number of nitrogens with one attached hydrogen (secondary N) is 3. The van der Waals surface area contributed by atoms with E-state index in [1.807, 2.05) is 20.2 Å². The van der Waals surface area contributed by atoms with Crippen molar-refractivity contribution in [2.45, 2.75) is 39.0 Å². The number of H-pyrrole nitrogens is 1. The van der Waals surface area contributed by atoms with Crippen LogP contribution in [0, 0.1) is 0 Å². The van der Waals surface area contributed by atoms with Crippen molar-refractivity contribution in [3.63, 3.8) is 0 Å². The van der Waals surface area contributed by atoms with Gasteiger partial charge < -0.3 is 15.0 Å². The highest BCUT2D eigenvalue weighted by Crippen LogP contribution is 2.24. The fourth-order valence-corrected chi connectivity index (χ4v) is 3.08. The molecule has 0 aliphatic carbocycles. The van der Waals surface area contributed by atoms with Crippen LogP contribution in [0.1, 0.15) is 38.2 Å². The number of aromatic nitrogens is 1. The van der Waals surface area contributed by atoms with Gasteiger partial charge in [0, 0.05) is 23.6 Å². The maximum atomic E-state index is 10.9. The summed E-state index contributed by atoms with van der Waals surface area (Å²) in [5.41, 5.74) is 2.46. The van der Waals surface area contributed by atoms with Gasteiger partial charge in [0.25, 0.3) is 0 Å². The monoisotopic (exact) mass is 383 g/mol. The van der Waals surface area contributed by atoms with Gasteiger partial charge in [-0.25, -0.2) is 13.1 Å². The summed E-state index contributed by atoms with van der Waals surface area (Å²) in [6.07, 6.45) is 8.13. The third-order valence-corrected chi connectivity index (χ3v) is 4.55. The van der Waals surface area contributed by atoms with Crippen molar-refractivity contribution in [1.82, 2.24) is 15.0 Å². The molecule has 0 aliphatic rings. The first-order valence-electron chi connectivity index (χ1n) is 9.17. The summed E-state index contributed by atoms with van der Waals surface area (Å²) >= 11 is 0. The van der Waals surface area contributed by atoms with Crippen LogP contribution in [-0.4, -0.2) is 46.9 Å². The van der Waals surface area contributed by atoms with E-state index >= 15 is 0 Å². The fourth-order valence-electron chi connectivity index (χ4n) is 2.57. The first kappa shape index (κ1) is 22.5. The van der Waals surface area contributed by atoms with Crippen LogP contribution in [0.25, 0.3) is 10.9 Å². The summed E-state index contributed by atoms with van der Waals surface area (Å²) in [5.74, 6) is 0.908.